The summed E-state index contributed by atoms with van der Waals surface area (Å²) in [6.07, 6.45) is 8.10. The molecule has 0 N–H and O–H groups in total. The van der Waals surface area contributed by atoms with Crippen molar-refractivity contribution in [2.75, 3.05) is 44.8 Å². The monoisotopic (exact) mass is 340 g/mol. The van der Waals surface area contributed by atoms with Crippen molar-refractivity contribution in [3.05, 3.63) is 0 Å². The highest BCUT2D eigenvalue weighted by Crippen LogP contribution is 2.40. The first-order valence-corrected chi connectivity index (χ1v) is 10.2. The summed E-state index contributed by atoms with van der Waals surface area (Å²) < 4.78 is 5.71. The van der Waals surface area contributed by atoms with E-state index in [-0.39, 0.29) is 23.3 Å². The number of ether oxygens (including phenoxy) is 1. The van der Waals surface area contributed by atoms with Gasteiger partial charge < -0.3 is 14.5 Å². The van der Waals surface area contributed by atoms with Gasteiger partial charge in [0, 0.05) is 39.2 Å². The summed E-state index contributed by atoms with van der Waals surface area (Å²) in [5.74, 6) is 1.12. The summed E-state index contributed by atoms with van der Waals surface area (Å²) in [5.41, 5.74) is 0.225. The molecule has 0 unspecified atom stereocenters. The number of rotatable bonds is 4. The topological polar surface area (TPSA) is 49.9 Å². The van der Waals surface area contributed by atoms with Gasteiger partial charge in [0.05, 0.1) is 11.9 Å². The van der Waals surface area contributed by atoms with Crippen LogP contribution < -0.4 is 0 Å². The van der Waals surface area contributed by atoms with Gasteiger partial charge in [-0.1, -0.05) is 0 Å². The maximum Gasteiger partial charge on any atom is 0.232 e. The first-order chi connectivity index (χ1) is 11.1. The summed E-state index contributed by atoms with van der Waals surface area (Å²) >= 11 is 1.59. The predicted octanol–water partition coefficient (Wildman–Crippen LogP) is 1.76. The summed E-state index contributed by atoms with van der Waals surface area (Å²) in [5, 5.41) is 0. The van der Waals surface area contributed by atoms with Crippen molar-refractivity contribution in [1.82, 2.24) is 9.80 Å². The predicted molar refractivity (Wildman–Crippen MR) is 91.4 cm³/mol. The van der Waals surface area contributed by atoms with Gasteiger partial charge in [-0.25, -0.2) is 0 Å². The molecule has 0 bridgehead atoms. The quantitative estimate of drug-likeness (QED) is 0.782. The van der Waals surface area contributed by atoms with Crippen molar-refractivity contribution in [2.45, 2.75) is 44.6 Å². The highest BCUT2D eigenvalue weighted by atomic mass is 32.2. The average molecular weight is 340 g/mol. The summed E-state index contributed by atoms with van der Waals surface area (Å²) in [7, 11) is 0. The van der Waals surface area contributed by atoms with Crippen LogP contribution in [0.2, 0.25) is 0 Å². The van der Waals surface area contributed by atoms with Crippen LogP contribution in [0.5, 0.6) is 0 Å². The number of carbonyl (C=O) groups is 2. The Bertz CT molecular complexity index is 443. The summed E-state index contributed by atoms with van der Waals surface area (Å²) in [6, 6.07) is 0. The van der Waals surface area contributed by atoms with Crippen LogP contribution in [-0.4, -0.2) is 72.5 Å². The number of piperidine rings is 2. The zero-order valence-electron chi connectivity index (χ0n) is 14.1. The Morgan fingerprint density at radius 2 is 2.13 bits per heavy atom. The molecule has 3 aliphatic rings. The second-order valence-electron chi connectivity index (χ2n) is 7.22. The highest BCUT2D eigenvalue weighted by Gasteiger charge is 2.42. The Morgan fingerprint density at radius 1 is 1.35 bits per heavy atom. The van der Waals surface area contributed by atoms with Crippen molar-refractivity contribution in [3.8, 4) is 0 Å². The van der Waals surface area contributed by atoms with E-state index in [0.29, 0.717) is 12.2 Å². The minimum atomic E-state index is 0.225. The molecule has 3 aliphatic heterocycles. The molecule has 3 heterocycles. The van der Waals surface area contributed by atoms with Crippen molar-refractivity contribution in [2.24, 2.45) is 5.41 Å². The van der Waals surface area contributed by atoms with Gasteiger partial charge in [-0.2, -0.15) is 11.8 Å². The normalized spacial score (nSPS) is 27.7. The van der Waals surface area contributed by atoms with Crippen LogP contribution in [0, 0.1) is 5.41 Å². The molecule has 1 atom stereocenters. The van der Waals surface area contributed by atoms with E-state index in [4.69, 9.17) is 4.74 Å². The zero-order valence-corrected chi connectivity index (χ0v) is 14.9. The van der Waals surface area contributed by atoms with Crippen LogP contribution in [-0.2, 0) is 14.3 Å². The molecule has 0 aromatic rings. The number of likely N-dealkylation sites (tertiary alicyclic amines) is 2. The first-order valence-electron chi connectivity index (χ1n) is 8.78. The fourth-order valence-electron chi connectivity index (χ4n) is 4.16. The Morgan fingerprint density at radius 3 is 2.78 bits per heavy atom. The van der Waals surface area contributed by atoms with Crippen LogP contribution in [0.1, 0.15) is 38.5 Å². The number of amides is 2. The molecule has 3 saturated heterocycles. The molecule has 2 amide bonds. The molecule has 0 saturated carbocycles. The first kappa shape index (κ1) is 17.1. The van der Waals surface area contributed by atoms with E-state index >= 15 is 0 Å². The number of nitrogens with zero attached hydrogens (tertiary/aromatic N) is 2. The molecule has 6 heteroatoms. The zero-order chi connectivity index (χ0) is 16.3. The number of hydrogen-bond acceptors (Lipinski definition) is 4. The molecule has 23 heavy (non-hydrogen) atoms. The van der Waals surface area contributed by atoms with Gasteiger partial charge in [-0.05, 0) is 43.8 Å². The second-order valence-corrected chi connectivity index (χ2v) is 8.09. The number of thioether (sulfide) groups is 1. The average Bonchev–Trinajstić information content (AvgIpc) is 3.05. The smallest absolute Gasteiger partial charge is 0.232 e. The Labute approximate surface area is 143 Å². The van der Waals surface area contributed by atoms with Crippen LogP contribution in [0.3, 0.4) is 0 Å². The lowest BCUT2D eigenvalue weighted by atomic mass is 9.72. The third-order valence-electron chi connectivity index (χ3n) is 5.64. The second kappa shape index (κ2) is 7.43. The van der Waals surface area contributed by atoms with E-state index in [0.717, 1.165) is 64.9 Å². The van der Waals surface area contributed by atoms with Crippen molar-refractivity contribution in [3.63, 3.8) is 0 Å². The Kier molecular flexibility index (Phi) is 5.52. The van der Waals surface area contributed by atoms with Gasteiger partial charge in [0.25, 0.3) is 0 Å². The van der Waals surface area contributed by atoms with Crippen LogP contribution in [0.25, 0.3) is 0 Å². The third-order valence-corrected chi connectivity index (χ3v) is 6.18. The van der Waals surface area contributed by atoms with Gasteiger partial charge in [0.15, 0.2) is 0 Å². The van der Waals surface area contributed by atoms with Crippen LogP contribution >= 0.6 is 11.8 Å². The standard InChI is InChI=1S/C17H28N2O3S/c1-23-12-16(21)18-8-6-17(7-9-18)5-4-15(20)19(13-17)11-14-3-2-10-22-14/h14H,2-13H2,1H3/t14-/m0/s1. The van der Waals surface area contributed by atoms with E-state index in [9.17, 15) is 9.59 Å². The molecular weight excluding hydrogens is 312 g/mol. The van der Waals surface area contributed by atoms with Gasteiger partial charge in [0.2, 0.25) is 11.8 Å². The van der Waals surface area contributed by atoms with Crippen molar-refractivity contribution < 1.29 is 14.3 Å². The molecule has 0 radical (unpaired) electrons. The molecule has 3 rings (SSSR count). The van der Waals surface area contributed by atoms with Gasteiger partial charge in [-0.15, -0.1) is 0 Å². The van der Waals surface area contributed by atoms with Gasteiger partial charge >= 0.3 is 0 Å². The van der Waals surface area contributed by atoms with E-state index in [1.807, 2.05) is 16.1 Å². The van der Waals surface area contributed by atoms with E-state index in [2.05, 4.69) is 0 Å². The van der Waals surface area contributed by atoms with Crippen molar-refractivity contribution in [1.29, 1.82) is 0 Å². The van der Waals surface area contributed by atoms with Crippen LogP contribution in [0.4, 0.5) is 0 Å². The minimum Gasteiger partial charge on any atom is -0.376 e. The van der Waals surface area contributed by atoms with Gasteiger partial charge in [0.1, 0.15) is 0 Å². The Balaban J connectivity index is 1.55. The number of carbonyl (C=O) groups excluding carboxylic acids is 2. The molecule has 0 aromatic carbocycles. The lowest BCUT2D eigenvalue weighted by molar-refractivity contribution is -0.143. The maximum absolute atomic E-state index is 12.3. The third kappa shape index (κ3) is 4.02. The number of hydrogen-bond donors (Lipinski definition) is 0. The lowest BCUT2D eigenvalue weighted by Gasteiger charge is -2.47. The maximum atomic E-state index is 12.3. The van der Waals surface area contributed by atoms with E-state index < -0.39 is 0 Å². The molecule has 0 aliphatic carbocycles. The molecule has 3 fully saturated rings. The molecular formula is C17H28N2O3S. The summed E-state index contributed by atoms with van der Waals surface area (Å²) in [4.78, 5) is 28.4. The minimum absolute atomic E-state index is 0.225. The fraction of sp³-hybridized carbons (Fsp3) is 0.882. The molecule has 0 aromatic heterocycles. The fourth-order valence-corrected chi connectivity index (χ4v) is 4.59. The van der Waals surface area contributed by atoms with E-state index in [1.165, 1.54) is 0 Å². The van der Waals surface area contributed by atoms with E-state index in [1.54, 1.807) is 11.8 Å². The van der Waals surface area contributed by atoms with Crippen LogP contribution in [0.15, 0.2) is 0 Å². The largest absolute Gasteiger partial charge is 0.376 e. The molecule has 1 spiro atoms. The lowest BCUT2D eigenvalue weighted by Crippen LogP contribution is -2.53. The molecule has 5 nitrogen and oxygen atoms in total. The highest BCUT2D eigenvalue weighted by molar-refractivity contribution is 7.99. The van der Waals surface area contributed by atoms with Crippen molar-refractivity contribution >= 4 is 23.6 Å². The van der Waals surface area contributed by atoms with Gasteiger partial charge in [-0.3, -0.25) is 9.59 Å². The Hall–Kier alpha value is -0.750. The molecule has 130 valence electrons. The SMILES string of the molecule is CSCC(=O)N1CCC2(CCC(=O)N(C[C@@H]3CCCO3)C2)CC1. The summed E-state index contributed by atoms with van der Waals surface area (Å²) in [6.45, 7) is 4.15.